The maximum Gasteiger partial charge on any atom is 0.319 e. The van der Waals surface area contributed by atoms with Crippen molar-refractivity contribution >= 4 is 43.1 Å². The van der Waals surface area contributed by atoms with Crippen molar-refractivity contribution in [2.24, 2.45) is 0 Å². The zero-order valence-corrected chi connectivity index (χ0v) is 12.8. The first-order valence-electron chi connectivity index (χ1n) is 6.05. The predicted molar refractivity (Wildman–Crippen MR) is 80.0 cm³/mol. The van der Waals surface area contributed by atoms with Gasteiger partial charge in [-0.3, -0.25) is 0 Å². The van der Waals surface area contributed by atoms with E-state index in [0.29, 0.717) is 17.7 Å². The molecule has 0 saturated carbocycles. The fraction of sp³-hybridized carbons (Fsp3) is 0.333. The molecule has 0 aliphatic heterocycles. The molecular weight excluding hydrogens is 298 g/mol. The number of fused-ring (bicyclic) bond motifs is 1. The minimum absolute atomic E-state index is 0.0834. The summed E-state index contributed by atoms with van der Waals surface area (Å²) in [6.07, 6.45) is 1.99. The molecule has 0 fully saturated rings. The lowest BCUT2D eigenvalue weighted by molar-refractivity contribution is 0.252. The number of carbonyl (C=O) groups excluding carboxylic acids is 1. The van der Waals surface area contributed by atoms with Gasteiger partial charge in [-0.05, 0) is 24.6 Å². The Kier molecular flexibility index (Phi) is 4.24. The Hall–Kier alpha value is -1.67. The van der Waals surface area contributed by atoms with E-state index in [0.717, 1.165) is 28.7 Å². The molecule has 0 bridgehead atoms. The summed E-state index contributed by atoms with van der Waals surface area (Å²) in [7, 11) is -3.30. The molecule has 2 amide bonds. The van der Waals surface area contributed by atoms with Gasteiger partial charge in [0, 0.05) is 18.5 Å². The molecular formula is C12H15N3O3S2. The van der Waals surface area contributed by atoms with Crippen molar-refractivity contribution in [1.29, 1.82) is 0 Å². The normalized spacial score (nSPS) is 11.5. The number of rotatable bonds is 4. The average Bonchev–Trinajstić information content (AvgIpc) is 2.79. The average molecular weight is 313 g/mol. The third kappa shape index (κ3) is 3.45. The number of amides is 2. The molecule has 1 aromatic carbocycles. The van der Waals surface area contributed by atoms with Crippen LogP contribution < -0.4 is 10.6 Å². The van der Waals surface area contributed by atoms with Crippen LogP contribution >= 0.6 is 11.3 Å². The standard InChI is InChI=1S/C12H15N3O3S2/c1-3-6-13-11(16)14-8-4-5-9-10(7-8)19-12(15-9)20(2,17)18/h4-5,7H,3,6H2,1-2H3,(H2,13,14,16). The van der Waals surface area contributed by atoms with Crippen molar-refractivity contribution in [2.75, 3.05) is 18.1 Å². The molecule has 0 spiro atoms. The number of nitrogens with one attached hydrogen (secondary N) is 2. The third-order valence-electron chi connectivity index (χ3n) is 2.48. The molecule has 8 heteroatoms. The maximum atomic E-state index is 11.5. The van der Waals surface area contributed by atoms with Crippen molar-refractivity contribution < 1.29 is 13.2 Å². The van der Waals surface area contributed by atoms with E-state index in [1.807, 2.05) is 6.92 Å². The van der Waals surface area contributed by atoms with Gasteiger partial charge in [-0.2, -0.15) is 0 Å². The van der Waals surface area contributed by atoms with Crippen LogP contribution in [-0.4, -0.2) is 32.2 Å². The van der Waals surface area contributed by atoms with Gasteiger partial charge in [0.15, 0.2) is 0 Å². The Morgan fingerprint density at radius 2 is 2.15 bits per heavy atom. The van der Waals surface area contributed by atoms with Crippen LogP contribution in [0.25, 0.3) is 10.2 Å². The lowest BCUT2D eigenvalue weighted by Gasteiger charge is -2.06. The molecule has 108 valence electrons. The molecule has 2 aromatic rings. The van der Waals surface area contributed by atoms with E-state index in [4.69, 9.17) is 0 Å². The van der Waals surface area contributed by atoms with Gasteiger partial charge in [-0.25, -0.2) is 18.2 Å². The number of aromatic nitrogens is 1. The highest BCUT2D eigenvalue weighted by molar-refractivity contribution is 7.92. The van der Waals surface area contributed by atoms with Gasteiger partial charge >= 0.3 is 6.03 Å². The summed E-state index contributed by atoms with van der Waals surface area (Å²) < 4.78 is 23.7. The Morgan fingerprint density at radius 1 is 1.40 bits per heavy atom. The second-order valence-corrected chi connectivity index (χ2v) is 7.54. The quantitative estimate of drug-likeness (QED) is 0.906. The second-order valence-electron chi connectivity index (χ2n) is 4.32. The van der Waals surface area contributed by atoms with E-state index in [9.17, 15) is 13.2 Å². The molecule has 1 aromatic heterocycles. The molecule has 0 radical (unpaired) electrons. The van der Waals surface area contributed by atoms with Gasteiger partial charge in [-0.15, -0.1) is 11.3 Å². The lowest BCUT2D eigenvalue weighted by Crippen LogP contribution is -2.29. The lowest BCUT2D eigenvalue weighted by atomic mass is 10.3. The number of benzene rings is 1. The molecule has 20 heavy (non-hydrogen) atoms. The van der Waals surface area contributed by atoms with Gasteiger partial charge in [0.05, 0.1) is 10.2 Å². The molecule has 1 heterocycles. The van der Waals surface area contributed by atoms with Crippen molar-refractivity contribution in [1.82, 2.24) is 10.3 Å². The molecule has 0 aliphatic carbocycles. The molecule has 6 nitrogen and oxygen atoms in total. The number of hydrogen-bond acceptors (Lipinski definition) is 5. The minimum Gasteiger partial charge on any atom is -0.338 e. The Labute approximate surface area is 121 Å². The first-order chi connectivity index (χ1) is 9.40. The fourth-order valence-corrected chi connectivity index (χ4v) is 3.43. The highest BCUT2D eigenvalue weighted by Gasteiger charge is 2.14. The van der Waals surface area contributed by atoms with E-state index < -0.39 is 9.84 Å². The van der Waals surface area contributed by atoms with E-state index in [2.05, 4.69) is 15.6 Å². The van der Waals surface area contributed by atoms with E-state index in [-0.39, 0.29) is 10.4 Å². The summed E-state index contributed by atoms with van der Waals surface area (Å²) in [5.41, 5.74) is 1.21. The van der Waals surface area contributed by atoms with E-state index in [1.54, 1.807) is 18.2 Å². The zero-order chi connectivity index (χ0) is 14.8. The van der Waals surface area contributed by atoms with Crippen LogP contribution in [0.5, 0.6) is 0 Å². The summed E-state index contributed by atoms with van der Waals surface area (Å²) in [6.45, 7) is 2.57. The Bertz CT molecular complexity index is 737. The van der Waals surface area contributed by atoms with Crippen LogP contribution in [0, 0.1) is 0 Å². The summed E-state index contributed by atoms with van der Waals surface area (Å²) in [4.78, 5) is 15.6. The Morgan fingerprint density at radius 3 is 2.80 bits per heavy atom. The largest absolute Gasteiger partial charge is 0.338 e. The smallest absolute Gasteiger partial charge is 0.319 e. The van der Waals surface area contributed by atoms with Crippen molar-refractivity contribution in [3.8, 4) is 0 Å². The van der Waals surface area contributed by atoms with Gasteiger partial charge in [-0.1, -0.05) is 6.92 Å². The number of anilines is 1. The van der Waals surface area contributed by atoms with Crippen LogP contribution in [0.1, 0.15) is 13.3 Å². The van der Waals surface area contributed by atoms with Crippen LogP contribution in [0.4, 0.5) is 10.5 Å². The SMILES string of the molecule is CCCNC(=O)Nc1ccc2nc(S(C)(=O)=O)sc2c1. The number of sulfone groups is 1. The number of thiazole rings is 1. The minimum atomic E-state index is -3.30. The summed E-state index contributed by atoms with van der Waals surface area (Å²) in [6, 6.07) is 4.82. The van der Waals surface area contributed by atoms with Crippen LogP contribution in [0.2, 0.25) is 0 Å². The van der Waals surface area contributed by atoms with Gasteiger partial charge in [0.1, 0.15) is 0 Å². The highest BCUT2D eigenvalue weighted by atomic mass is 32.2. The predicted octanol–water partition coefficient (Wildman–Crippen LogP) is 2.23. The molecule has 0 saturated heterocycles. The zero-order valence-electron chi connectivity index (χ0n) is 11.1. The summed E-state index contributed by atoms with van der Waals surface area (Å²) >= 11 is 1.09. The van der Waals surface area contributed by atoms with Crippen molar-refractivity contribution in [2.45, 2.75) is 17.7 Å². The number of urea groups is 1. The number of hydrogen-bond donors (Lipinski definition) is 2. The Balaban J connectivity index is 2.23. The first-order valence-corrected chi connectivity index (χ1v) is 8.76. The van der Waals surface area contributed by atoms with E-state index >= 15 is 0 Å². The van der Waals surface area contributed by atoms with Gasteiger partial charge < -0.3 is 10.6 Å². The van der Waals surface area contributed by atoms with Crippen LogP contribution in [0.3, 0.4) is 0 Å². The number of carbonyl (C=O) groups is 1. The monoisotopic (exact) mass is 313 g/mol. The summed E-state index contributed by atoms with van der Waals surface area (Å²) in [5, 5.41) is 5.40. The molecule has 2 rings (SSSR count). The summed E-state index contributed by atoms with van der Waals surface area (Å²) in [5.74, 6) is 0. The van der Waals surface area contributed by atoms with Crippen molar-refractivity contribution in [3.05, 3.63) is 18.2 Å². The second kappa shape index (κ2) is 5.76. The fourth-order valence-electron chi connectivity index (χ4n) is 1.55. The van der Waals surface area contributed by atoms with E-state index in [1.165, 1.54) is 0 Å². The maximum absolute atomic E-state index is 11.5. The molecule has 2 N–H and O–H groups in total. The van der Waals surface area contributed by atoms with Crippen LogP contribution in [0.15, 0.2) is 22.5 Å². The molecule has 0 aliphatic rings. The van der Waals surface area contributed by atoms with Gasteiger partial charge in [0.2, 0.25) is 14.2 Å². The molecule has 0 unspecified atom stereocenters. The molecule has 0 atom stereocenters. The topological polar surface area (TPSA) is 88.2 Å². The highest BCUT2D eigenvalue weighted by Crippen LogP contribution is 2.27. The number of nitrogens with zero attached hydrogens (tertiary/aromatic N) is 1. The van der Waals surface area contributed by atoms with Crippen molar-refractivity contribution in [3.63, 3.8) is 0 Å². The first kappa shape index (κ1) is 14.7. The third-order valence-corrected chi connectivity index (χ3v) is 5.18. The van der Waals surface area contributed by atoms with Crippen LogP contribution in [-0.2, 0) is 9.84 Å². The van der Waals surface area contributed by atoms with Gasteiger partial charge in [0.25, 0.3) is 0 Å².